The van der Waals surface area contributed by atoms with Crippen molar-refractivity contribution in [3.63, 3.8) is 0 Å². The number of ketones is 1. The first-order chi connectivity index (χ1) is 8.74. The van der Waals surface area contributed by atoms with Crippen molar-refractivity contribution in [2.24, 2.45) is 0 Å². The molecule has 96 valence electrons. The van der Waals surface area contributed by atoms with Crippen LogP contribution in [0.25, 0.3) is 0 Å². The molecular weight excluding hydrogens is 240 g/mol. The molecule has 1 aliphatic heterocycles. The van der Waals surface area contributed by atoms with Gasteiger partial charge in [0, 0.05) is 21.3 Å². The van der Waals surface area contributed by atoms with Crippen LogP contribution in [-0.4, -0.2) is 11.0 Å². The van der Waals surface area contributed by atoms with Gasteiger partial charge in [-0.1, -0.05) is 51.3 Å². The Morgan fingerprint density at radius 1 is 1.22 bits per heavy atom. The number of hydrogen-bond acceptors (Lipinski definition) is 2. The van der Waals surface area contributed by atoms with Crippen molar-refractivity contribution < 1.29 is 4.79 Å². The molecule has 0 radical (unpaired) electrons. The topological polar surface area (TPSA) is 17.1 Å². The molecule has 0 amide bonds. The van der Waals surface area contributed by atoms with Crippen molar-refractivity contribution in [2.75, 3.05) is 0 Å². The number of hydrogen-bond donors (Lipinski definition) is 0. The van der Waals surface area contributed by atoms with Gasteiger partial charge in [0.05, 0.1) is 0 Å². The first-order valence-electron chi connectivity index (χ1n) is 6.73. The van der Waals surface area contributed by atoms with Crippen LogP contribution in [0.1, 0.15) is 49.4 Å². The van der Waals surface area contributed by atoms with E-state index in [-0.39, 0.29) is 11.0 Å². The van der Waals surface area contributed by atoms with Gasteiger partial charge in [-0.15, -0.1) is 11.8 Å². The minimum atomic E-state index is 0.143. The summed E-state index contributed by atoms with van der Waals surface area (Å²) in [5.74, 6) is 0.143. The maximum atomic E-state index is 12.2. The van der Waals surface area contributed by atoms with Crippen molar-refractivity contribution in [3.05, 3.63) is 42.0 Å². The molecule has 1 aromatic carbocycles. The number of carbonyl (C=O) groups is 1. The summed E-state index contributed by atoms with van der Waals surface area (Å²) >= 11 is 1.81. The first kappa shape index (κ1) is 13.4. The van der Waals surface area contributed by atoms with Crippen LogP contribution in [-0.2, 0) is 0 Å². The Hall–Kier alpha value is -1.02. The zero-order valence-corrected chi connectivity index (χ0v) is 11.8. The van der Waals surface area contributed by atoms with Crippen LogP contribution in [0.15, 0.2) is 41.3 Å². The van der Waals surface area contributed by atoms with E-state index in [1.54, 1.807) is 11.8 Å². The van der Waals surface area contributed by atoms with Gasteiger partial charge in [-0.3, -0.25) is 4.79 Å². The molecule has 0 saturated carbocycles. The largest absolute Gasteiger partial charge is 0.289 e. The third kappa shape index (κ3) is 2.86. The highest BCUT2D eigenvalue weighted by molar-refractivity contribution is 8.00. The average Bonchev–Trinajstić information content (AvgIpc) is 2.40. The number of Topliss-reactive ketones (excluding diaryl/α,β-unsaturated/α-hetero) is 1. The van der Waals surface area contributed by atoms with Crippen LogP contribution in [0.5, 0.6) is 0 Å². The molecule has 1 aliphatic rings. The van der Waals surface area contributed by atoms with Crippen LogP contribution in [0, 0.1) is 0 Å². The second-order valence-electron chi connectivity index (χ2n) is 4.81. The van der Waals surface area contributed by atoms with E-state index in [0.29, 0.717) is 0 Å². The van der Waals surface area contributed by atoms with Gasteiger partial charge in [-0.2, -0.15) is 0 Å². The van der Waals surface area contributed by atoms with E-state index in [1.165, 1.54) is 25.7 Å². The van der Waals surface area contributed by atoms with Crippen molar-refractivity contribution >= 4 is 17.5 Å². The fraction of sp³-hybridized carbons (Fsp3) is 0.438. The lowest BCUT2D eigenvalue weighted by Gasteiger charge is -2.25. The molecular formula is C16H20OS. The molecule has 1 heterocycles. The summed E-state index contributed by atoms with van der Waals surface area (Å²) in [7, 11) is 0. The fourth-order valence-electron chi connectivity index (χ4n) is 2.29. The van der Waals surface area contributed by atoms with Crippen LogP contribution < -0.4 is 0 Å². The molecule has 2 heteroatoms. The van der Waals surface area contributed by atoms with Crippen LogP contribution in [0.3, 0.4) is 0 Å². The summed E-state index contributed by atoms with van der Waals surface area (Å²) in [6, 6.07) is 7.88. The van der Waals surface area contributed by atoms with Gasteiger partial charge in [0.2, 0.25) is 0 Å². The third-order valence-corrected chi connectivity index (χ3v) is 4.82. The summed E-state index contributed by atoms with van der Waals surface area (Å²) < 4.78 is 0. The van der Waals surface area contributed by atoms with Crippen molar-refractivity contribution in [3.8, 4) is 0 Å². The normalized spacial score (nSPS) is 18.8. The van der Waals surface area contributed by atoms with Gasteiger partial charge in [0.15, 0.2) is 5.78 Å². The highest BCUT2D eigenvalue weighted by atomic mass is 32.2. The van der Waals surface area contributed by atoms with Gasteiger partial charge in [-0.25, -0.2) is 0 Å². The highest BCUT2D eigenvalue weighted by Crippen LogP contribution is 2.39. The Bertz CT molecular complexity index is 450. The Morgan fingerprint density at radius 3 is 2.78 bits per heavy atom. The van der Waals surface area contributed by atoms with E-state index in [9.17, 15) is 4.79 Å². The lowest BCUT2D eigenvalue weighted by molar-refractivity contribution is 0.102. The van der Waals surface area contributed by atoms with Gasteiger partial charge < -0.3 is 0 Å². The SMILES string of the molecule is C=C1C(=O)c2ccccc2SC1CCCCCC. The monoisotopic (exact) mass is 260 g/mol. The summed E-state index contributed by atoms with van der Waals surface area (Å²) in [6.07, 6.45) is 6.06. The second kappa shape index (κ2) is 6.24. The minimum absolute atomic E-state index is 0.143. The second-order valence-corrected chi connectivity index (χ2v) is 6.05. The van der Waals surface area contributed by atoms with Crippen LogP contribution >= 0.6 is 11.8 Å². The molecule has 2 rings (SSSR count). The van der Waals surface area contributed by atoms with E-state index in [2.05, 4.69) is 13.5 Å². The van der Waals surface area contributed by atoms with Crippen molar-refractivity contribution in [2.45, 2.75) is 49.2 Å². The molecule has 0 bridgehead atoms. The molecule has 0 spiro atoms. The standard InChI is InChI=1S/C16H20OS/c1-3-4-5-6-10-14-12(2)16(17)13-9-7-8-11-15(13)18-14/h7-9,11,14H,2-6,10H2,1H3. The summed E-state index contributed by atoms with van der Waals surface area (Å²) in [5.41, 5.74) is 1.62. The number of benzene rings is 1. The van der Waals surface area contributed by atoms with Gasteiger partial charge >= 0.3 is 0 Å². The number of thioether (sulfide) groups is 1. The van der Waals surface area contributed by atoms with Gasteiger partial charge in [0.25, 0.3) is 0 Å². The highest BCUT2D eigenvalue weighted by Gasteiger charge is 2.28. The molecule has 0 N–H and O–H groups in total. The maximum Gasteiger partial charge on any atom is 0.190 e. The van der Waals surface area contributed by atoms with E-state index in [0.717, 1.165) is 22.5 Å². The van der Waals surface area contributed by atoms with E-state index >= 15 is 0 Å². The minimum Gasteiger partial charge on any atom is -0.289 e. The van der Waals surface area contributed by atoms with Crippen LogP contribution in [0.2, 0.25) is 0 Å². The Morgan fingerprint density at radius 2 is 2.00 bits per heavy atom. The number of carbonyl (C=O) groups excluding carboxylic acids is 1. The smallest absolute Gasteiger partial charge is 0.190 e. The Balaban J connectivity index is 2.03. The zero-order chi connectivity index (χ0) is 13.0. The fourth-order valence-corrected chi connectivity index (χ4v) is 3.58. The van der Waals surface area contributed by atoms with Gasteiger partial charge in [0.1, 0.15) is 0 Å². The van der Waals surface area contributed by atoms with Crippen molar-refractivity contribution in [1.29, 1.82) is 0 Å². The quantitative estimate of drug-likeness (QED) is 0.555. The molecule has 18 heavy (non-hydrogen) atoms. The number of rotatable bonds is 5. The van der Waals surface area contributed by atoms with E-state index in [1.807, 2.05) is 24.3 Å². The first-order valence-corrected chi connectivity index (χ1v) is 7.61. The maximum absolute atomic E-state index is 12.2. The van der Waals surface area contributed by atoms with E-state index < -0.39 is 0 Å². The molecule has 1 unspecified atom stereocenters. The molecule has 1 nitrogen and oxygen atoms in total. The molecule has 0 aliphatic carbocycles. The number of unbranched alkanes of at least 4 members (excludes halogenated alkanes) is 3. The molecule has 0 aromatic heterocycles. The average molecular weight is 260 g/mol. The van der Waals surface area contributed by atoms with E-state index in [4.69, 9.17) is 0 Å². The summed E-state index contributed by atoms with van der Waals surface area (Å²) in [6.45, 7) is 6.22. The summed E-state index contributed by atoms with van der Waals surface area (Å²) in [4.78, 5) is 13.3. The zero-order valence-electron chi connectivity index (χ0n) is 10.9. The Kier molecular flexibility index (Phi) is 4.65. The van der Waals surface area contributed by atoms with Gasteiger partial charge in [-0.05, 0) is 18.6 Å². The predicted molar refractivity (Wildman–Crippen MR) is 78.3 cm³/mol. The molecule has 0 saturated heterocycles. The van der Waals surface area contributed by atoms with Crippen molar-refractivity contribution in [1.82, 2.24) is 0 Å². The molecule has 0 fully saturated rings. The molecule has 1 atom stereocenters. The van der Waals surface area contributed by atoms with Crippen LogP contribution in [0.4, 0.5) is 0 Å². The third-order valence-electron chi connectivity index (χ3n) is 3.40. The lowest BCUT2D eigenvalue weighted by atomic mass is 9.98. The number of fused-ring (bicyclic) bond motifs is 1. The lowest BCUT2D eigenvalue weighted by Crippen LogP contribution is -2.20. The Labute approximate surface area is 114 Å². The molecule has 1 aromatic rings. The predicted octanol–water partition coefficient (Wildman–Crippen LogP) is 4.87. The summed E-state index contributed by atoms with van der Waals surface area (Å²) in [5, 5.41) is 0.282.